The normalized spacial score (nSPS) is 14.4. The molecule has 0 spiro atoms. The Morgan fingerprint density at radius 2 is 1.74 bits per heavy atom. The average molecular weight is 687 g/mol. The number of imide groups is 2. The van der Waals surface area contributed by atoms with Crippen LogP contribution in [0, 0.1) is 3.57 Å². The Hall–Kier alpha value is -3.44. The molecule has 194 valence electrons. The Morgan fingerprint density at radius 3 is 2.39 bits per heavy atom. The SMILES string of the molecule is C=CCc1cc(/C=C2\C(=O)NC(=O)N(c3ccc(Br)cc3)C2=O)cc(OCC)c1OCc1ccc(I)cc1. The molecule has 38 heavy (non-hydrogen) atoms. The van der Waals surface area contributed by atoms with E-state index in [0.717, 1.165) is 24.1 Å². The van der Waals surface area contributed by atoms with Gasteiger partial charge in [-0.25, -0.2) is 9.69 Å². The number of ether oxygens (including phenoxy) is 2. The third-order valence-corrected chi connectivity index (χ3v) is 6.86. The highest BCUT2D eigenvalue weighted by atomic mass is 127. The van der Waals surface area contributed by atoms with Crippen molar-refractivity contribution in [1.29, 1.82) is 0 Å². The summed E-state index contributed by atoms with van der Waals surface area (Å²) in [6.45, 7) is 6.44. The summed E-state index contributed by atoms with van der Waals surface area (Å²) in [5.41, 5.74) is 2.51. The molecule has 7 nitrogen and oxygen atoms in total. The Balaban J connectivity index is 1.71. The Labute approximate surface area is 242 Å². The summed E-state index contributed by atoms with van der Waals surface area (Å²) in [5, 5.41) is 2.25. The molecule has 1 saturated heterocycles. The van der Waals surface area contributed by atoms with Gasteiger partial charge < -0.3 is 9.47 Å². The quantitative estimate of drug-likeness (QED) is 0.122. The first-order chi connectivity index (χ1) is 18.3. The van der Waals surface area contributed by atoms with Crippen molar-refractivity contribution in [1.82, 2.24) is 5.32 Å². The van der Waals surface area contributed by atoms with Gasteiger partial charge in [0, 0.05) is 13.6 Å². The molecular weight excluding hydrogens is 663 g/mol. The van der Waals surface area contributed by atoms with Crippen molar-refractivity contribution in [2.24, 2.45) is 0 Å². The second-order valence-electron chi connectivity index (χ2n) is 8.28. The summed E-state index contributed by atoms with van der Waals surface area (Å²) < 4.78 is 14.0. The predicted octanol–water partition coefficient (Wildman–Crippen LogP) is 6.43. The summed E-state index contributed by atoms with van der Waals surface area (Å²) in [6, 6.07) is 17.4. The fraction of sp³-hybridized carbons (Fsp3) is 0.138. The first kappa shape index (κ1) is 27.6. The number of nitrogens with zero attached hydrogens (tertiary/aromatic N) is 1. The standard InChI is InChI=1S/C29H24BrIN2O5/c1-3-5-20-14-19(16-25(37-4-2)26(20)38-17-18-6-10-22(31)11-7-18)15-24-27(34)32-29(36)33(28(24)35)23-12-8-21(30)9-13-23/h3,6-16H,1,4-5,17H2,2H3,(H,32,34,36)/b24-15+. The number of halogens is 2. The minimum Gasteiger partial charge on any atom is -0.490 e. The fourth-order valence-corrected chi connectivity index (χ4v) is 4.51. The van der Waals surface area contributed by atoms with E-state index in [0.29, 0.717) is 42.4 Å². The van der Waals surface area contributed by atoms with E-state index < -0.39 is 17.8 Å². The Kier molecular flexibility index (Phi) is 9.01. The van der Waals surface area contributed by atoms with Gasteiger partial charge in [0.15, 0.2) is 11.5 Å². The van der Waals surface area contributed by atoms with Crippen molar-refractivity contribution in [2.45, 2.75) is 20.0 Å². The third kappa shape index (κ3) is 6.33. The van der Waals surface area contributed by atoms with E-state index in [9.17, 15) is 14.4 Å². The number of rotatable bonds is 9. The third-order valence-electron chi connectivity index (χ3n) is 5.61. The number of benzene rings is 3. The molecular formula is C29H24BrIN2O5. The summed E-state index contributed by atoms with van der Waals surface area (Å²) >= 11 is 5.59. The number of anilines is 1. The van der Waals surface area contributed by atoms with Crippen molar-refractivity contribution < 1.29 is 23.9 Å². The van der Waals surface area contributed by atoms with Gasteiger partial charge in [-0.1, -0.05) is 34.1 Å². The van der Waals surface area contributed by atoms with E-state index in [1.807, 2.05) is 37.3 Å². The maximum absolute atomic E-state index is 13.3. The van der Waals surface area contributed by atoms with Crippen LogP contribution in [0.5, 0.6) is 11.5 Å². The molecule has 0 unspecified atom stereocenters. The molecule has 0 atom stereocenters. The van der Waals surface area contributed by atoms with Crippen LogP contribution in [0.3, 0.4) is 0 Å². The highest BCUT2D eigenvalue weighted by Crippen LogP contribution is 2.36. The summed E-state index contributed by atoms with van der Waals surface area (Å²) in [4.78, 5) is 39.4. The molecule has 0 aromatic heterocycles. The van der Waals surface area contributed by atoms with Gasteiger partial charge in [0.2, 0.25) is 0 Å². The van der Waals surface area contributed by atoms with Gasteiger partial charge in [-0.05, 0) is 102 Å². The smallest absolute Gasteiger partial charge is 0.335 e. The van der Waals surface area contributed by atoms with Crippen LogP contribution in [0.2, 0.25) is 0 Å². The van der Waals surface area contributed by atoms with Crippen molar-refractivity contribution in [3.8, 4) is 11.5 Å². The van der Waals surface area contributed by atoms with Gasteiger partial charge in [-0.2, -0.15) is 0 Å². The van der Waals surface area contributed by atoms with Gasteiger partial charge in [-0.3, -0.25) is 14.9 Å². The highest BCUT2D eigenvalue weighted by Gasteiger charge is 2.36. The molecule has 4 rings (SSSR count). The molecule has 4 amide bonds. The summed E-state index contributed by atoms with van der Waals surface area (Å²) in [6.07, 6.45) is 3.67. The molecule has 1 N–H and O–H groups in total. The van der Waals surface area contributed by atoms with Gasteiger partial charge in [0.25, 0.3) is 11.8 Å². The molecule has 1 fully saturated rings. The van der Waals surface area contributed by atoms with Crippen molar-refractivity contribution in [2.75, 3.05) is 11.5 Å². The molecule has 3 aromatic carbocycles. The Bertz CT molecular complexity index is 1420. The van der Waals surface area contributed by atoms with E-state index in [-0.39, 0.29) is 5.57 Å². The summed E-state index contributed by atoms with van der Waals surface area (Å²) in [7, 11) is 0. The van der Waals surface area contributed by atoms with E-state index in [2.05, 4.69) is 50.4 Å². The second kappa shape index (κ2) is 12.4. The largest absolute Gasteiger partial charge is 0.490 e. The van der Waals surface area contributed by atoms with Crippen molar-refractivity contribution >= 4 is 68.1 Å². The van der Waals surface area contributed by atoms with Gasteiger partial charge in [0.1, 0.15) is 12.2 Å². The lowest BCUT2D eigenvalue weighted by Gasteiger charge is -2.26. The number of hydrogen-bond acceptors (Lipinski definition) is 5. The number of amides is 4. The van der Waals surface area contributed by atoms with Crippen LogP contribution in [0.25, 0.3) is 6.08 Å². The van der Waals surface area contributed by atoms with E-state index in [4.69, 9.17) is 9.47 Å². The number of nitrogens with one attached hydrogen (secondary N) is 1. The molecule has 1 heterocycles. The minimum atomic E-state index is -0.804. The van der Waals surface area contributed by atoms with Gasteiger partial charge >= 0.3 is 6.03 Å². The van der Waals surface area contributed by atoms with Crippen molar-refractivity contribution in [3.05, 3.63) is 104 Å². The topological polar surface area (TPSA) is 84.9 Å². The molecule has 3 aromatic rings. The van der Waals surface area contributed by atoms with Crippen LogP contribution >= 0.6 is 38.5 Å². The van der Waals surface area contributed by atoms with Crippen LogP contribution in [-0.4, -0.2) is 24.5 Å². The highest BCUT2D eigenvalue weighted by molar-refractivity contribution is 14.1. The zero-order valence-corrected chi connectivity index (χ0v) is 24.2. The fourth-order valence-electron chi connectivity index (χ4n) is 3.89. The van der Waals surface area contributed by atoms with Crippen LogP contribution < -0.4 is 19.7 Å². The lowest BCUT2D eigenvalue weighted by molar-refractivity contribution is -0.122. The van der Waals surface area contributed by atoms with Crippen molar-refractivity contribution in [3.63, 3.8) is 0 Å². The molecule has 1 aliphatic rings. The van der Waals surface area contributed by atoms with Crippen LogP contribution in [0.15, 0.2) is 83.4 Å². The van der Waals surface area contributed by atoms with Gasteiger partial charge in [0.05, 0.1) is 12.3 Å². The van der Waals surface area contributed by atoms with Crippen LogP contribution in [0.1, 0.15) is 23.6 Å². The average Bonchev–Trinajstić information content (AvgIpc) is 2.88. The van der Waals surface area contributed by atoms with Gasteiger partial charge in [-0.15, -0.1) is 6.58 Å². The zero-order chi connectivity index (χ0) is 27.2. The Morgan fingerprint density at radius 1 is 1.03 bits per heavy atom. The zero-order valence-electron chi connectivity index (χ0n) is 20.5. The van der Waals surface area contributed by atoms with E-state index in [1.165, 1.54) is 6.08 Å². The first-order valence-electron chi connectivity index (χ1n) is 11.8. The molecule has 1 aliphatic heterocycles. The molecule has 0 radical (unpaired) electrons. The minimum absolute atomic E-state index is 0.174. The molecule has 0 aliphatic carbocycles. The monoisotopic (exact) mass is 686 g/mol. The first-order valence-corrected chi connectivity index (χ1v) is 13.6. The van der Waals surface area contributed by atoms with E-state index >= 15 is 0 Å². The summed E-state index contributed by atoms with van der Waals surface area (Å²) in [5.74, 6) is -0.439. The van der Waals surface area contributed by atoms with Crippen LogP contribution in [-0.2, 0) is 22.6 Å². The van der Waals surface area contributed by atoms with Crippen LogP contribution in [0.4, 0.5) is 10.5 Å². The number of allylic oxidation sites excluding steroid dienone is 1. The lowest BCUT2D eigenvalue weighted by Crippen LogP contribution is -2.54. The number of barbiturate groups is 1. The number of carbonyl (C=O) groups is 3. The predicted molar refractivity (Wildman–Crippen MR) is 158 cm³/mol. The maximum atomic E-state index is 13.3. The lowest BCUT2D eigenvalue weighted by atomic mass is 10.0. The second-order valence-corrected chi connectivity index (χ2v) is 10.4. The number of hydrogen-bond donors (Lipinski definition) is 1. The molecule has 0 bridgehead atoms. The van der Waals surface area contributed by atoms with E-state index in [1.54, 1.807) is 36.4 Å². The number of carbonyl (C=O) groups excluding carboxylic acids is 3. The maximum Gasteiger partial charge on any atom is 0.335 e. The number of urea groups is 1. The molecule has 0 saturated carbocycles. The molecule has 9 heteroatoms.